The molecule has 0 saturated carbocycles. The third-order valence-electron chi connectivity index (χ3n) is 4.61. The molecule has 0 radical (unpaired) electrons. The summed E-state index contributed by atoms with van der Waals surface area (Å²) in [5.74, 6) is 2.72. The molecule has 0 spiro atoms. The van der Waals surface area contributed by atoms with Crippen LogP contribution in [0.25, 0.3) is 10.9 Å². The van der Waals surface area contributed by atoms with E-state index in [9.17, 15) is 5.11 Å². The highest BCUT2D eigenvalue weighted by molar-refractivity contribution is 5.87. The van der Waals surface area contributed by atoms with Crippen LogP contribution in [0.1, 0.15) is 18.4 Å². The fraction of sp³-hybridized carbons (Fsp3) is 0.500. The molecule has 1 atom stereocenters. The van der Waals surface area contributed by atoms with E-state index >= 15 is 0 Å². The fourth-order valence-electron chi connectivity index (χ4n) is 3.29. The number of pyridine rings is 1. The van der Waals surface area contributed by atoms with Gasteiger partial charge in [-0.05, 0) is 43.4 Å². The van der Waals surface area contributed by atoms with Gasteiger partial charge in [0.1, 0.15) is 5.82 Å². The summed E-state index contributed by atoms with van der Waals surface area (Å²) in [7, 11) is 3.28. The highest BCUT2D eigenvalue weighted by Crippen LogP contribution is 2.34. The average Bonchev–Trinajstić information content (AvgIpc) is 2.60. The van der Waals surface area contributed by atoms with Gasteiger partial charge >= 0.3 is 0 Å². The minimum absolute atomic E-state index is 0.244. The normalized spacial score (nSPS) is 18.3. The largest absolute Gasteiger partial charge is 0.493 e. The molecule has 1 aliphatic rings. The smallest absolute Gasteiger partial charge is 0.162 e. The number of aliphatic hydroxyl groups excluding tert-OH is 1. The number of methoxy groups -OCH3 is 2. The van der Waals surface area contributed by atoms with E-state index in [1.165, 1.54) is 0 Å². The Morgan fingerprint density at radius 3 is 2.65 bits per heavy atom. The average molecular weight is 316 g/mol. The van der Waals surface area contributed by atoms with Gasteiger partial charge in [0, 0.05) is 31.1 Å². The number of rotatable bonds is 4. The third-order valence-corrected chi connectivity index (χ3v) is 4.61. The van der Waals surface area contributed by atoms with E-state index in [0.717, 1.165) is 54.0 Å². The first kappa shape index (κ1) is 15.9. The number of aryl methyl sites for hydroxylation is 1. The number of nitrogens with zero attached hydrogens (tertiary/aromatic N) is 2. The lowest BCUT2D eigenvalue weighted by Crippen LogP contribution is -2.37. The van der Waals surface area contributed by atoms with Crippen molar-refractivity contribution in [2.24, 2.45) is 5.92 Å². The number of hydrogen-bond acceptors (Lipinski definition) is 5. The molecule has 0 unspecified atom stereocenters. The van der Waals surface area contributed by atoms with Crippen LogP contribution in [-0.4, -0.2) is 44.0 Å². The number of anilines is 1. The summed E-state index contributed by atoms with van der Waals surface area (Å²) in [4.78, 5) is 7.09. The predicted molar refractivity (Wildman–Crippen MR) is 91.6 cm³/mol. The zero-order valence-corrected chi connectivity index (χ0v) is 14.0. The van der Waals surface area contributed by atoms with E-state index in [4.69, 9.17) is 14.5 Å². The Balaban J connectivity index is 2.03. The van der Waals surface area contributed by atoms with Gasteiger partial charge in [-0.15, -0.1) is 0 Å². The Labute approximate surface area is 136 Å². The minimum atomic E-state index is 0.244. The van der Waals surface area contributed by atoms with Crippen molar-refractivity contribution in [2.45, 2.75) is 19.8 Å². The maximum Gasteiger partial charge on any atom is 0.162 e. The molecular formula is C18H24N2O3. The van der Waals surface area contributed by atoms with E-state index in [-0.39, 0.29) is 6.61 Å². The quantitative estimate of drug-likeness (QED) is 0.940. The molecule has 0 aliphatic carbocycles. The molecule has 5 heteroatoms. The van der Waals surface area contributed by atoms with Gasteiger partial charge in [-0.25, -0.2) is 4.98 Å². The summed E-state index contributed by atoms with van der Waals surface area (Å²) >= 11 is 0. The van der Waals surface area contributed by atoms with Crippen LogP contribution in [-0.2, 0) is 0 Å². The molecule has 23 heavy (non-hydrogen) atoms. The number of aliphatic hydroxyl groups is 1. The number of benzene rings is 1. The van der Waals surface area contributed by atoms with Crippen molar-refractivity contribution in [1.29, 1.82) is 0 Å². The van der Waals surface area contributed by atoms with Gasteiger partial charge in [-0.2, -0.15) is 0 Å². The van der Waals surface area contributed by atoms with Gasteiger partial charge in [-0.1, -0.05) is 0 Å². The van der Waals surface area contributed by atoms with E-state index < -0.39 is 0 Å². The maximum atomic E-state index is 9.43. The van der Waals surface area contributed by atoms with Crippen LogP contribution in [0.4, 0.5) is 5.82 Å². The second kappa shape index (κ2) is 6.62. The first-order valence-corrected chi connectivity index (χ1v) is 8.05. The van der Waals surface area contributed by atoms with Crippen molar-refractivity contribution in [2.75, 3.05) is 38.8 Å². The van der Waals surface area contributed by atoms with Gasteiger partial charge < -0.3 is 19.5 Å². The van der Waals surface area contributed by atoms with Crippen LogP contribution in [0.15, 0.2) is 18.2 Å². The van der Waals surface area contributed by atoms with Gasteiger partial charge in [-0.3, -0.25) is 0 Å². The van der Waals surface area contributed by atoms with Crippen LogP contribution in [0, 0.1) is 12.8 Å². The maximum absolute atomic E-state index is 9.43. The van der Waals surface area contributed by atoms with Crippen molar-refractivity contribution < 1.29 is 14.6 Å². The van der Waals surface area contributed by atoms with Gasteiger partial charge in [0.15, 0.2) is 11.5 Å². The fourth-order valence-corrected chi connectivity index (χ4v) is 3.29. The van der Waals surface area contributed by atoms with E-state index in [2.05, 4.69) is 17.9 Å². The SMILES string of the molecule is COc1cc2nc(N3CCC[C@@H](CO)C3)cc(C)c2cc1OC. The highest BCUT2D eigenvalue weighted by atomic mass is 16.5. The molecule has 0 amide bonds. The lowest BCUT2D eigenvalue weighted by molar-refractivity contribution is 0.208. The zero-order chi connectivity index (χ0) is 16.4. The molecule has 1 saturated heterocycles. The third kappa shape index (κ3) is 3.06. The molecular weight excluding hydrogens is 292 g/mol. The van der Waals surface area contributed by atoms with Crippen molar-refractivity contribution >= 4 is 16.7 Å². The minimum Gasteiger partial charge on any atom is -0.493 e. The summed E-state index contributed by atoms with van der Waals surface area (Å²) in [5, 5.41) is 10.5. The molecule has 5 nitrogen and oxygen atoms in total. The molecule has 3 rings (SSSR count). The van der Waals surface area contributed by atoms with Crippen LogP contribution in [0.5, 0.6) is 11.5 Å². The molecule has 1 aliphatic heterocycles. The first-order chi connectivity index (χ1) is 11.2. The number of hydrogen-bond donors (Lipinski definition) is 1. The molecule has 0 bridgehead atoms. The van der Waals surface area contributed by atoms with E-state index in [1.54, 1.807) is 14.2 Å². The number of piperidine rings is 1. The highest BCUT2D eigenvalue weighted by Gasteiger charge is 2.21. The summed E-state index contributed by atoms with van der Waals surface area (Å²) in [6.45, 7) is 4.18. The first-order valence-electron chi connectivity index (χ1n) is 8.05. The Hall–Kier alpha value is -2.01. The van der Waals surface area contributed by atoms with E-state index in [0.29, 0.717) is 11.7 Å². The van der Waals surface area contributed by atoms with Crippen LogP contribution < -0.4 is 14.4 Å². The molecule has 1 aromatic carbocycles. The summed E-state index contributed by atoms with van der Waals surface area (Å²) in [6.07, 6.45) is 2.18. The Kier molecular flexibility index (Phi) is 4.57. The molecule has 2 aromatic rings. The zero-order valence-electron chi connectivity index (χ0n) is 14.0. The number of ether oxygens (including phenoxy) is 2. The molecule has 1 fully saturated rings. The summed E-state index contributed by atoms with van der Waals surface area (Å²) in [6, 6.07) is 6.03. The Morgan fingerprint density at radius 2 is 1.96 bits per heavy atom. The Morgan fingerprint density at radius 1 is 1.22 bits per heavy atom. The number of fused-ring (bicyclic) bond motifs is 1. The van der Waals surface area contributed by atoms with Crippen molar-refractivity contribution in [1.82, 2.24) is 4.98 Å². The van der Waals surface area contributed by atoms with Gasteiger partial charge in [0.2, 0.25) is 0 Å². The Bertz CT molecular complexity index is 702. The summed E-state index contributed by atoms with van der Waals surface area (Å²) < 4.78 is 10.8. The lowest BCUT2D eigenvalue weighted by Gasteiger charge is -2.33. The van der Waals surface area contributed by atoms with Crippen molar-refractivity contribution in [3.8, 4) is 11.5 Å². The van der Waals surface area contributed by atoms with Gasteiger partial charge in [0.05, 0.1) is 19.7 Å². The van der Waals surface area contributed by atoms with Crippen LogP contribution in [0.2, 0.25) is 0 Å². The number of aromatic nitrogens is 1. The molecule has 2 heterocycles. The molecule has 1 N–H and O–H groups in total. The predicted octanol–water partition coefficient (Wildman–Crippen LogP) is 2.77. The standard InChI is InChI=1S/C18H24N2O3/c1-12-7-18(20-6-4-5-13(10-20)11-21)19-15-9-17(23-3)16(22-2)8-14(12)15/h7-9,13,21H,4-6,10-11H2,1-3H3/t13-/m1/s1. The monoisotopic (exact) mass is 316 g/mol. The van der Waals surface area contributed by atoms with E-state index in [1.807, 2.05) is 12.1 Å². The molecule has 1 aromatic heterocycles. The lowest BCUT2D eigenvalue weighted by atomic mass is 9.99. The van der Waals surface area contributed by atoms with Gasteiger partial charge in [0.25, 0.3) is 0 Å². The second-order valence-corrected chi connectivity index (χ2v) is 6.16. The topological polar surface area (TPSA) is 54.8 Å². The molecule has 124 valence electrons. The van der Waals surface area contributed by atoms with Crippen LogP contribution >= 0.6 is 0 Å². The van der Waals surface area contributed by atoms with Crippen molar-refractivity contribution in [3.63, 3.8) is 0 Å². The van der Waals surface area contributed by atoms with Crippen molar-refractivity contribution in [3.05, 3.63) is 23.8 Å². The summed E-state index contributed by atoms with van der Waals surface area (Å²) in [5.41, 5.74) is 2.07. The second-order valence-electron chi connectivity index (χ2n) is 6.16. The van der Waals surface area contributed by atoms with Crippen LogP contribution in [0.3, 0.4) is 0 Å².